The van der Waals surface area contributed by atoms with Crippen molar-refractivity contribution in [1.29, 1.82) is 0 Å². The van der Waals surface area contributed by atoms with Crippen LogP contribution in [0.5, 0.6) is 0 Å². The number of hydrogen-bond acceptors (Lipinski definition) is 2. The number of carbonyl (C=O) groups excluding carboxylic acids is 2. The minimum atomic E-state index is -0.670. The molecule has 1 atom stereocenters. The van der Waals surface area contributed by atoms with Crippen molar-refractivity contribution in [3.63, 3.8) is 0 Å². The van der Waals surface area contributed by atoms with E-state index in [2.05, 4.69) is 19.2 Å². The first kappa shape index (κ1) is 15.3. The van der Waals surface area contributed by atoms with Gasteiger partial charge in [-0.1, -0.05) is 34.1 Å². The van der Waals surface area contributed by atoms with E-state index in [-0.39, 0.29) is 29.8 Å². The zero-order valence-electron chi connectivity index (χ0n) is 13.3. The van der Waals surface area contributed by atoms with Crippen molar-refractivity contribution in [3.8, 4) is 0 Å². The summed E-state index contributed by atoms with van der Waals surface area (Å²) in [6.07, 6.45) is 5.74. The molecule has 1 heterocycles. The molecular formula is C16H28N2O2. The maximum absolute atomic E-state index is 12.9. The summed E-state index contributed by atoms with van der Waals surface area (Å²) in [6, 6.07) is 0.231. The van der Waals surface area contributed by atoms with Gasteiger partial charge in [0.15, 0.2) is 0 Å². The molecule has 2 amide bonds. The fourth-order valence-electron chi connectivity index (χ4n) is 3.81. The SMILES string of the molecule is CCC1(CC)NC(=O)CN(C2CCCC(C)(C)C2)C1=O. The molecule has 4 nitrogen and oxygen atoms in total. The summed E-state index contributed by atoms with van der Waals surface area (Å²) in [5.41, 5.74) is -0.394. The second kappa shape index (κ2) is 5.38. The van der Waals surface area contributed by atoms with Crippen molar-refractivity contribution in [2.45, 2.75) is 77.8 Å². The molecule has 2 fully saturated rings. The third kappa shape index (κ3) is 2.70. The molecule has 2 aliphatic rings. The number of hydrogen-bond donors (Lipinski definition) is 1. The minimum absolute atomic E-state index is 0.00307. The average Bonchev–Trinajstić information content (AvgIpc) is 2.40. The van der Waals surface area contributed by atoms with Crippen molar-refractivity contribution >= 4 is 11.8 Å². The summed E-state index contributed by atoms with van der Waals surface area (Å²) in [5.74, 6) is 0.126. The highest BCUT2D eigenvalue weighted by Gasteiger charge is 2.47. The Morgan fingerprint density at radius 1 is 1.25 bits per heavy atom. The summed E-state index contributed by atoms with van der Waals surface area (Å²) in [4.78, 5) is 26.8. The fraction of sp³-hybridized carbons (Fsp3) is 0.875. The Morgan fingerprint density at radius 2 is 1.90 bits per heavy atom. The standard InChI is InChI=1S/C16H28N2O2/c1-5-16(6-2)14(20)18(11-13(19)17-16)12-8-7-9-15(3,4)10-12/h12H,5-11H2,1-4H3,(H,17,19). The second-order valence-corrected chi connectivity index (χ2v) is 7.18. The number of rotatable bonds is 3. The molecule has 0 aromatic carbocycles. The molecule has 0 aromatic heterocycles. The molecule has 114 valence electrons. The van der Waals surface area contributed by atoms with Crippen molar-refractivity contribution in [1.82, 2.24) is 10.2 Å². The highest BCUT2D eigenvalue weighted by atomic mass is 16.2. The summed E-state index contributed by atoms with van der Waals surface area (Å²) in [5, 5.41) is 2.94. The van der Waals surface area contributed by atoms with Crippen LogP contribution >= 0.6 is 0 Å². The molecular weight excluding hydrogens is 252 g/mol. The Balaban J connectivity index is 2.22. The van der Waals surface area contributed by atoms with Crippen LogP contribution in [0.1, 0.15) is 66.2 Å². The van der Waals surface area contributed by atoms with Gasteiger partial charge in [-0.2, -0.15) is 0 Å². The Hall–Kier alpha value is -1.06. The van der Waals surface area contributed by atoms with Gasteiger partial charge < -0.3 is 10.2 Å². The zero-order chi connectivity index (χ0) is 15.0. The molecule has 0 spiro atoms. The van der Waals surface area contributed by atoms with Crippen LogP contribution in [0, 0.1) is 5.41 Å². The molecule has 1 aliphatic heterocycles. The van der Waals surface area contributed by atoms with Crippen molar-refractivity contribution in [3.05, 3.63) is 0 Å². The molecule has 2 rings (SSSR count). The predicted octanol–water partition coefficient (Wildman–Crippen LogP) is 2.47. The minimum Gasteiger partial charge on any atom is -0.340 e. The molecule has 0 aromatic rings. The molecule has 1 saturated heterocycles. The van der Waals surface area contributed by atoms with Gasteiger partial charge in [0, 0.05) is 6.04 Å². The first-order valence-corrected chi connectivity index (χ1v) is 7.95. The molecule has 1 aliphatic carbocycles. The van der Waals surface area contributed by atoms with E-state index >= 15 is 0 Å². The number of carbonyl (C=O) groups is 2. The molecule has 4 heteroatoms. The topological polar surface area (TPSA) is 49.4 Å². The van der Waals surface area contributed by atoms with Crippen LogP contribution in [0.25, 0.3) is 0 Å². The van der Waals surface area contributed by atoms with Crippen LogP contribution in [0.4, 0.5) is 0 Å². The zero-order valence-corrected chi connectivity index (χ0v) is 13.3. The van der Waals surface area contributed by atoms with E-state index in [0.717, 1.165) is 19.3 Å². The normalized spacial score (nSPS) is 29.2. The van der Waals surface area contributed by atoms with Gasteiger partial charge in [-0.25, -0.2) is 0 Å². The fourth-order valence-corrected chi connectivity index (χ4v) is 3.81. The maximum Gasteiger partial charge on any atom is 0.249 e. The van der Waals surface area contributed by atoms with Crippen LogP contribution in [-0.2, 0) is 9.59 Å². The van der Waals surface area contributed by atoms with E-state index in [4.69, 9.17) is 0 Å². The lowest BCUT2D eigenvalue weighted by atomic mass is 9.74. The van der Waals surface area contributed by atoms with Crippen molar-refractivity contribution < 1.29 is 9.59 Å². The lowest BCUT2D eigenvalue weighted by molar-refractivity contribution is -0.154. The van der Waals surface area contributed by atoms with Gasteiger partial charge in [0.1, 0.15) is 5.54 Å². The molecule has 1 unspecified atom stereocenters. The van der Waals surface area contributed by atoms with E-state index in [0.29, 0.717) is 12.8 Å². The Bertz CT molecular complexity index is 399. The summed E-state index contributed by atoms with van der Waals surface area (Å²) in [7, 11) is 0. The predicted molar refractivity (Wildman–Crippen MR) is 79.2 cm³/mol. The van der Waals surface area contributed by atoms with Crippen molar-refractivity contribution in [2.75, 3.05) is 6.54 Å². The number of amides is 2. The van der Waals surface area contributed by atoms with E-state index in [1.54, 1.807) is 0 Å². The highest BCUT2D eigenvalue weighted by molar-refractivity contribution is 5.98. The molecule has 20 heavy (non-hydrogen) atoms. The van der Waals surface area contributed by atoms with Gasteiger partial charge in [0.25, 0.3) is 0 Å². The maximum atomic E-state index is 12.9. The van der Waals surface area contributed by atoms with Crippen molar-refractivity contribution in [2.24, 2.45) is 5.41 Å². The molecule has 1 saturated carbocycles. The highest BCUT2D eigenvalue weighted by Crippen LogP contribution is 2.38. The molecule has 0 bridgehead atoms. The van der Waals surface area contributed by atoms with Gasteiger partial charge in [0.05, 0.1) is 6.54 Å². The van der Waals surface area contributed by atoms with Gasteiger partial charge in [-0.15, -0.1) is 0 Å². The van der Waals surface area contributed by atoms with E-state index in [1.165, 1.54) is 6.42 Å². The number of piperazine rings is 1. The number of nitrogens with one attached hydrogen (secondary N) is 1. The second-order valence-electron chi connectivity index (χ2n) is 7.18. The lowest BCUT2D eigenvalue weighted by Crippen LogP contribution is -2.68. The Morgan fingerprint density at radius 3 is 2.45 bits per heavy atom. The van der Waals surface area contributed by atoms with Crippen LogP contribution in [0.2, 0.25) is 0 Å². The van der Waals surface area contributed by atoms with Gasteiger partial charge in [-0.05, 0) is 37.5 Å². The smallest absolute Gasteiger partial charge is 0.249 e. The van der Waals surface area contributed by atoms with Crippen LogP contribution in [0.3, 0.4) is 0 Å². The summed E-state index contributed by atoms with van der Waals surface area (Å²) < 4.78 is 0. The van der Waals surface area contributed by atoms with E-state index in [9.17, 15) is 9.59 Å². The van der Waals surface area contributed by atoms with E-state index < -0.39 is 5.54 Å². The van der Waals surface area contributed by atoms with Gasteiger partial charge in [-0.3, -0.25) is 9.59 Å². The average molecular weight is 280 g/mol. The van der Waals surface area contributed by atoms with E-state index in [1.807, 2.05) is 18.7 Å². The number of nitrogens with zero attached hydrogens (tertiary/aromatic N) is 1. The van der Waals surface area contributed by atoms with Gasteiger partial charge in [0.2, 0.25) is 11.8 Å². The van der Waals surface area contributed by atoms with Crippen LogP contribution < -0.4 is 5.32 Å². The quantitative estimate of drug-likeness (QED) is 0.863. The van der Waals surface area contributed by atoms with Gasteiger partial charge >= 0.3 is 0 Å². The largest absolute Gasteiger partial charge is 0.340 e. The van der Waals surface area contributed by atoms with Crippen LogP contribution in [0.15, 0.2) is 0 Å². The summed E-state index contributed by atoms with van der Waals surface area (Å²) in [6.45, 7) is 8.73. The lowest BCUT2D eigenvalue weighted by Gasteiger charge is -2.47. The molecule has 0 radical (unpaired) electrons. The molecule has 1 N–H and O–H groups in total. The Kier molecular flexibility index (Phi) is 4.12. The summed E-state index contributed by atoms with van der Waals surface area (Å²) >= 11 is 0. The monoisotopic (exact) mass is 280 g/mol. The third-order valence-corrected chi connectivity index (χ3v) is 5.19. The van der Waals surface area contributed by atoms with Crippen LogP contribution in [-0.4, -0.2) is 34.8 Å². The first-order valence-electron chi connectivity index (χ1n) is 7.95. The third-order valence-electron chi connectivity index (χ3n) is 5.19. The Labute approximate surface area is 122 Å². The first-order chi connectivity index (χ1) is 9.33.